The summed E-state index contributed by atoms with van der Waals surface area (Å²) >= 11 is 5.55. The van der Waals surface area contributed by atoms with Crippen LogP contribution < -0.4 is 5.73 Å². The van der Waals surface area contributed by atoms with Crippen molar-refractivity contribution in [2.75, 3.05) is 27.7 Å². The van der Waals surface area contributed by atoms with Gasteiger partial charge in [0.2, 0.25) is 0 Å². The normalized spacial score (nSPS) is 15.7. The standard InChI is InChI=1S/C6H16ClN2/c1-9(2,3)5-4-6(7)8/h6H,4-5,8H2,1-3H3/q+1. The lowest BCUT2D eigenvalue weighted by molar-refractivity contribution is -0.870. The van der Waals surface area contributed by atoms with Crippen LogP contribution in [0.1, 0.15) is 6.42 Å². The van der Waals surface area contributed by atoms with Crippen LogP contribution in [0.2, 0.25) is 0 Å². The molecule has 0 saturated heterocycles. The molecule has 0 saturated carbocycles. The predicted molar refractivity (Wildman–Crippen MR) is 41.3 cm³/mol. The molecule has 0 aliphatic carbocycles. The molecule has 1 atom stereocenters. The van der Waals surface area contributed by atoms with E-state index in [-0.39, 0.29) is 5.50 Å². The Morgan fingerprint density at radius 3 is 2.00 bits per heavy atom. The van der Waals surface area contributed by atoms with Crippen LogP contribution in [0.5, 0.6) is 0 Å². The van der Waals surface area contributed by atoms with Gasteiger partial charge in [-0.15, -0.1) is 11.6 Å². The molecule has 2 N–H and O–H groups in total. The maximum atomic E-state index is 5.55. The minimum atomic E-state index is -0.178. The van der Waals surface area contributed by atoms with Crippen molar-refractivity contribution in [1.29, 1.82) is 0 Å². The summed E-state index contributed by atoms with van der Waals surface area (Å²) in [4.78, 5) is 0. The highest BCUT2D eigenvalue weighted by Crippen LogP contribution is 1.98. The third-order valence-corrected chi connectivity index (χ3v) is 1.29. The molecule has 0 rings (SSSR count). The fourth-order valence-electron chi connectivity index (χ4n) is 0.511. The zero-order chi connectivity index (χ0) is 7.49. The van der Waals surface area contributed by atoms with Crippen molar-refractivity contribution in [2.24, 2.45) is 5.73 Å². The molecule has 2 nitrogen and oxygen atoms in total. The summed E-state index contributed by atoms with van der Waals surface area (Å²) in [7, 11) is 6.37. The predicted octanol–water partition coefficient (Wildman–Crippen LogP) is 0.606. The average Bonchev–Trinajstić information content (AvgIpc) is 1.59. The molecule has 0 radical (unpaired) electrons. The summed E-state index contributed by atoms with van der Waals surface area (Å²) in [6.07, 6.45) is 0.880. The van der Waals surface area contributed by atoms with Crippen molar-refractivity contribution in [3.8, 4) is 0 Å². The number of rotatable bonds is 3. The maximum absolute atomic E-state index is 5.55. The summed E-state index contributed by atoms with van der Waals surface area (Å²) in [5, 5.41) is 0. The molecule has 0 heterocycles. The van der Waals surface area contributed by atoms with Crippen molar-refractivity contribution in [3.05, 3.63) is 0 Å². The second kappa shape index (κ2) is 3.40. The van der Waals surface area contributed by atoms with Crippen molar-refractivity contribution >= 4 is 11.6 Å². The van der Waals surface area contributed by atoms with Gasteiger partial charge in [-0.1, -0.05) is 0 Å². The highest BCUT2D eigenvalue weighted by Gasteiger charge is 2.07. The van der Waals surface area contributed by atoms with Gasteiger partial charge in [-0.05, 0) is 0 Å². The van der Waals surface area contributed by atoms with Crippen LogP contribution >= 0.6 is 11.6 Å². The summed E-state index contributed by atoms with van der Waals surface area (Å²) in [6, 6.07) is 0. The number of quaternary nitrogens is 1. The van der Waals surface area contributed by atoms with E-state index in [1.54, 1.807) is 0 Å². The van der Waals surface area contributed by atoms with Gasteiger partial charge in [0.05, 0.1) is 33.2 Å². The summed E-state index contributed by atoms with van der Waals surface area (Å²) < 4.78 is 0.931. The van der Waals surface area contributed by atoms with E-state index < -0.39 is 0 Å². The zero-order valence-electron chi connectivity index (χ0n) is 6.39. The molecule has 0 aromatic rings. The van der Waals surface area contributed by atoms with Crippen LogP contribution in [0.25, 0.3) is 0 Å². The van der Waals surface area contributed by atoms with Gasteiger partial charge in [-0.25, -0.2) is 0 Å². The third kappa shape index (κ3) is 8.21. The Labute approximate surface area is 62.2 Å². The van der Waals surface area contributed by atoms with E-state index in [1.807, 2.05) is 0 Å². The van der Waals surface area contributed by atoms with Crippen LogP contribution in [0.3, 0.4) is 0 Å². The smallest absolute Gasteiger partial charge is 0.0854 e. The Hall–Kier alpha value is 0.210. The lowest BCUT2D eigenvalue weighted by Crippen LogP contribution is -2.37. The monoisotopic (exact) mass is 151 g/mol. The molecule has 0 fully saturated rings. The molecule has 1 unspecified atom stereocenters. The Bertz CT molecular complexity index is 75.6. The highest BCUT2D eigenvalue weighted by atomic mass is 35.5. The Morgan fingerprint density at radius 1 is 1.44 bits per heavy atom. The molecule has 0 aromatic carbocycles. The minimum absolute atomic E-state index is 0.178. The highest BCUT2D eigenvalue weighted by molar-refractivity contribution is 6.20. The van der Waals surface area contributed by atoms with E-state index >= 15 is 0 Å². The number of halogens is 1. The molecule has 0 aliphatic heterocycles. The second-order valence-electron chi connectivity index (χ2n) is 3.32. The van der Waals surface area contributed by atoms with Gasteiger partial charge in [-0.3, -0.25) is 0 Å². The summed E-state index contributed by atoms with van der Waals surface area (Å²) in [6.45, 7) is 1.03. The Kier molecular flexibility index (Phi) is 3.48. The number of alkyl halides is 1. The first-order valence-corrected chi connectivity index (χ1v) is 3.55. The summed E-state index contributed by atoms with van der Waals surface area (Å²) in [5.41, 5.74) is 5.18. The fraction of sp³-hybridized carbons (Fsp3) is 1.00. The van der Waals surface area contributed by atoms with Crippen molar-refractivity contribution < 1.29 is 4.48 Å². The van der Waals surface area contributed by atoms with Crippen LogP contribution in [-0.2, 0) is 0 Å². The van der Waals surface area contributed by atoms with Gasteiger partial charge in [0.25, 0.3) is 0 Å². The largest absolute Gasteiger partial charge is 0.331 e. The van der Waals surface area contributed by atoms with E-state index in [2.05, 4.69) is 21.1 Å². The molecule has 0 aromatic heterocycles. The lowest BCUT2D eigenvalue weighted by Gasteiger charge is -2.24. The molecular formula is C6H16ClN2+. The van der Waals surface area contributed by atoms with Crippen LogP contribution in [0.4, 0.5) is 0 Å². The maximum Gasteiger partial charge on any atom is 0.0854 e. The van der Waals surface area contributed by atoms with E-state index in [9.17, 15) is 0 Å². The van der Waals surface area contributed by atoms with Gasteiger partial charge in [0, 0.05) is 6.42 Å². The van der Waals surface area contributed by atoms with E-state index in [1.165, 1.54) is 0 Å². The van der Waals surface area contributed by atoms with Gasteiger partial charge in [0.1, 0.15) is 0 Å². The van der Waals surface area contributed by atoms with E-state index in [4.69, 9.17) is 17.3 Å². The molecular weight excluding hydrogens is 136 g/mol. The van der Waals surface area contributed by atoms with Gasteiger partial charge in [0.15, 0.2) is 0 Å². The molecule has 0 aliphatic rings. The number of hydrogen-bond acceptors (Lipinski definition) is 1. The van der Waals surface area contributed by atoms with Crippen LogP contribution in [0, 0.1) is 0 Å². The van der Waals surface area contributed by atoms with Crippen molar-refractivity contribution in [3.63, 3.8) is 0 Å². The van der Waals surface area contributed by atoms with Crippen LogP contribution in [0.15, 0.2) is 0 Å². The van der Waals surface area contributed by atoms with Gasteiger partial charge < -0.3 is 10.2 Å². The first kappa shape index (κ1) is 9.21. The van der Waals surface area contributed by atoms with Gasteiger partial charge >= 0.3 is 0 Å². The minimum Gasteiger partial charge on any atom is -0.331 e. The van der Waals surface area contributed by atoms with E-state index in [0.717, 1.165) is 17.4 Å². The number of hydrogen-bond donors (Lipinski definition) is 1. The Morgan fingerprint density at radius 2 is 1.89 bits per heavy atom. The quantitative estimate of drug-likeness (QED) is 0.357. The molecule has 0 bridgehead atoms. The first-order valence-electron chi connectivity index (χ1n) is 3.12. The topological polar surface area (TPSA) is 26.0 Å². The first-order chi connectivity index (χ1) is 3.92. The van der Waals surface area contributed by atoms with Gasteiger partial charge in [-0.2, -0.15) is 0 Å². The number of nitrogens with two attached hydrogens (primary N) is 1. The molecule has 3 heteroatoms. The third-order valence-electron chi connectivity index (χ3n) is 1.08. The Balaban J connectivity index is 3.28. The molecule has 9 heavy (non-hydrogen) atoms. The average molecular weight is 152 g/mol. The van der Waals surface area contributed by atoms with Crippen LogP contribution in [-0.4, -0.2) is 37.7 Å². The van der Waals surface area contributed by atoms with E-state index in [0.29, 0.717) is 0 Å². The summed E-state index contributed by atoms with van der Waals surface area (Å²) in [5.74, 6) is 0. The second-order valence-corrected chi connectivity index (χ2v) is 3.88. The lowest BCUT2D eigenvalue weighted by atomic mass is 10.4. The number of nitrogens with zero attached hydrogens (tertiary/aromatic N) is 1. The zero-order valence-corrected chi connectivity index (χ0v) is 7.15. The van der Waals surface area contributed by atoms with Crippen molar-refractivity contribution in [1.82, 2.24) is 0 Å². The SMILES string of the molecule is C[N+](C)(C)CCC(N)Cl. The fourth-order valence-corrected chi connectivity index (χ4v) is 0.608. The molecule has 0 amide bonds. The molecule has 56 valence electrons. The molecule has 0 spiro atoms. The van der Waals surface area contributed by atoms with Crippen molar-refractivity contribution in [2.45, 2.75) is 11.9 Å².